The number of phenolic OH excluding ortho intramolecular Hbond substituents is 1. The number of hydrogen-bond donors (Lipinski definition) is 2. The van der Waals surface area contributed by atoms with Crippen LogP contribution in [0.3, 0.4) is 0 Å². The van der Waals surface area contributed by atoms with Crippen molar-refractivity contribution in [3.05, 3.63) is 40.6 Å². The van der Waals surface area contributed by atoms with Crippen LogP contribution in [0.15, 0.2) is 35.7 Å². The Balaban J connectivity index is 2.06. The summed E-state index contributed by atoms with van der Waals surface area (Å²) >= 11 is 1.60. The van der Waals surface area contributed by atoms with Crippen molar-refractivity contribution in [2.24, 2.45) is 0 Å². The Bertz CT molecular complexity index is 545. The van der Waals surface area contributed by atoms with Crippen LogP contribution in [0.1, 0.15) is 17.7 Å². The lowest BCUT2D eigenvalue weighted by molar-refractivity contribution is -0.137. The quantitative estimate of drug-likeness (QED) is 0.866. The molecule has 0 amide bonds. The van der Waals surface area contributed by atoms with Gasteiger partial charge in [-0.05, 0) is 35.9 Å². The molecule has 0 aliphatic heterocycles. The first kappa shape index (κ1) is 12.6. The second-order valence-corrected chi connectivity index (χ2v) is 5.06. The monoisotopic (exact) mass is 262 g/mol. The van der Waals surface area contributed by atoms with Gasteiger partial charge in [-0.2, -0.15) is 0 Å². The average molecular weight is 262 g/mol. The standard InChI is InChI=1S/C14H14O3S/c15-13-6-2-1-5-12(13)10-8-11(18-9-10)4-3-7-14(16)17/h1-2,5-6,8-9,15H,3-4,7H2,(H,16,17). The van der Waals surface area contributed by atoms with E-state index in [9.17, 15) is 9.90 Å². The van der Waals surface area contributed by atoms with Crippen molar-refractivity contribution in [2.75, 3.05) is 0 Å². The predicted octanol–water partition coefficient (Wildman–Crippen LogP) is 3.53. The van der Waals surface area contributed by atoms with Crippen LogP contribution in [-0.4, -0.2) is 16.2 Å². The molecular weight excluding hydrogens is 248 g/mol. The summed E-state index contributed by atoms with van der Waals surface area (Å²) in [7, 11) is 0. The van der Waals surface area contributed by atoms with Crippen LogP contribution in [0.5, 0.6) is 5.75 Å². The normalized spacial score (nSPS) is 10.4. The van der Waals surface area contributed by atoms with Crippen molar-refractivity contribution in [2.45, 2.75) is 19.3 Å². The van der Waals surface area contributed by atoms with Crippen LogP contribution < -0.4 is 0 Å². The maximum absolute atomic E-state index is 10.4. The molecule has 0 atom stereocenters. The highest BCUT2D eigenvalue weighted by Crippen LogP contribution is 2.32. The van der Waals surface area contributed by atoms with Crippen molar-refractivity contribution in [3.63, 3.8) is 0 Å². The van der Waals surface area contributed by atoms with Crippen molar-refractivity contribution in [1.29, 1.82) is 0 Å². The molecule has 0 saturated heterocycles. The predicted molar refractivity (Wildman–Crippen MR) is 72.0 cm³/mol. The molecule has 0 spiro atoms. The Hall–Kier alpha value is -1.81. The molecule has 94 valence electrons. The summed E-state index contributed by atoms with van der Waals surface area (Å²) < 4.78 is 0. The molecule has 2 N–H and O–H groups in total. The molecule has 0 fully saturated rings. The second-order valence-electron chi connectivity index (χ2n) is 4.07. The van der Waals surface area contributed by atoms with Gasteiger partial charge < -0.3 is 10.2 Å². The van der Waals surface area contributed by atoms with E-state index in [-0.39, 0.29) is 12.2 Å². The molecule has 0 radical (unpaired) electrons. The van der Waals surface area contributed by atoms with Gasteiger partial charge in [0.1, 0.15) is 5.75 Å². The maximum Gasteiger partial charge on any atom is 0.303 e. The third kappa shape index (κ3) is 3.11. The van der Waals surface area contributed by atoms with E-state index in [0.717, 1.165) is 22.4 Å². The summed E-state index contributed by atoms with van der Waals surface area (Å²) in [4.78, 5) is 11.6. The van der Waals surface area contributed by atoms with E-state index in [4.69, 9.17) is 5.11 Å². The molecule has 1 heterocycles. The number of hydrogen-bond acceptors (Lipinski definition) is 3. The van der Waals surface area contributed by atoms with Crippen LogP contribution in [0.25, 0.3) is 11.1 Å². The summed E-state index contributed by atoms with van der Waals surface area (Å²) in [6.07, 6.45) is 1.62. The minimum atomic E-state index is -0.757. The SMILES string of the molecule is O=C(O)CCCc1cc(-c2ccccc2O)cs1. The van der Waals surface area contributed by atoms with Crippen molar-refractivity contribution >= 4 is 17.3 Å². The number of carboxylic acids is 1. The molecule has 18 heavy (non-hydrogen) atoms. The van der Waals surface area contributed by atoms with Crippen LogP contribution in [0.4, 0.5) is 0 Å². The fourth-order valence-corrected chi connectivity index (χ4v) is 2.72. The van der Waals surface area contributed by atoms with E-state index in [1.807, 2.05) is 23.6 Å². The largest absolute Gasteiger partial charge is 0.507 e. The molecule has 0 bridgehead atoms. The molecule has 0 unspecified atom stereocenters. The summed E-state index contributed by atoms with van der Waals surface area (Å²) in [5, 5.41) is 20.3. The number of benzene rings is 1. The number of para-hydroxylation sites is 1. The van der Waals surface area contributed by atoms with Crippen LogP contribution in [0, 0.1) is 0 Å². The van der Waals surface area contributed by atoms with E-state index in [0.29, 0.717) is 6.42 Å². The Kier molecular flexibility index (Phi) is 3.99. The first-order valence-corrected chi connectivity index (χ1v) is 6.62. The third-order valence-corrected chi connectivity index (χ3v) is 3.68. The molecular formula is C14H14O3S. The van der Waals surface area contributed by atoms with Gasteiger partial charge in [0.15, 0.2) is 0 Å². The van der Waals surface area contributed by atoms with Gasteiger partial charge in [0.2, 0.25) is 0 Å². The van der Waals surface area contributed by atoms with Crippen molar-refractivity contribution in [1.82, 2.24) is 0 Å². The smallest absolute Gasteiger partial charge is 0.303 e. The number of carboxylic acid groups (broad SMARTS) is 1. The van der Waals surface area contributed by atoms with E-state index >= 15 is 0 Å². The van der Waals surface area contributed by atoms with E-state index in [1.54, 1.807) is 23.5 Å². The minimum absolute atomic E-state index is 0.198. The fraction of sp³-hybridized carbons (Fsp3) is 0.214. The molecule has 0 aliphatic carbocycles. The summed E-state index contributed by atoms with van der Waals surface area (Å²) in [5.74, 6) is -0.486. The van der Waals surface area contributed by atoms with Gasteiger partial charge in [-0.15, -0.1) is 11.3 Å². The Morgan fingerprint density at radius 3 is 2.78 bits per heavy atom. The number of thiophene rings is 1. The zero-order chi connectivity index (χ0) is 13.0. The molecule has 0 aliphatic rings. The third-order valence-electron chi connectivity index (χ3n) is 2.68. The van der Waals surface area contributed by atoms with Gasteiger partial charge in [-0.25, -0.2) is 0 Å². The lowest BCUT2D eigenvalue weighted by Crippen LogP contribution is -1.94. The molecule has 2 rings (SSSR count). The lowest BCUT2D eigenvalue weighted by atomic mass is 10.1. The Labute approximate surface area is 109 Å². The molecule has 4 heteroatoms. The second kappa shape index (κ2) is 5.69. The highest BCUT2D eigenvalue weighted by Gasteiger charge is 2.06. The van der Waals surface area contributed by atoms with Gasteiger partial charge in [0.25, 0.3) is 0 Å². The first-order valence-electron chi connectivity index (χ1n) is 5.74. The number of aryl methyl sites for hydroxylation is 1. The minimum Gasteiger partial charge on any atom is -0.507 e. The molecule has 0 saturated carbocycles. The molecule has 2 aromatic rings. The van der Waals surface area contributed by atoms with Gasteiger partial charge in [-0.1, -0.05) is 18.2 Å². The number of aromatic hydroxyl groups is 1. The number of phenols is 1. The Morgan fingerprint density at radius 1 is 1.28 bits per heavy atom. The van der Waals surface area contributed by atoms with Crippen LogP contribution in [-0.2, 0) is 11.2 Å². The zero-order valence-electron chi connectivity index (χ0n) is 9.80. The van der Waals surface area contributed by atoms with Crippen molar-refractivity contribution < 1.29 is 15.0 Å². The van der Waals surface area contributed by atoms with E-state index in [2.05, 4.69) is 0 Å². The van der Waals surface area contributed by atoms with E-state index < -0.39 is 5.97 Å². The fourth-order valence-electron chi connectivity index (χ4n) is 1.78. The van der Waals surface area contributed by atoms with Gasteiger partial charge in [0, 0.05) is 16.9 Å². The number of aliphatic carboxylic acids is 1. The first-order chi connectivity index (χ1) is 8.66. The Morgan fingerprint density at radius 2 is 2.06 bits per heavy atom. The zero-order valence-corrected chi connectivity index (χ0v) is 10.6. The van der Waals surface area contributed by atoms with Crippen LogP contribution >= 0.6 is 11.3 Å². The van der Waals surface area contributed by atoms with Crippen molar-refractivity contribution in [3.8, 4) is 16.9 Å². The molecule has 3 nitrogen and oxygen atoms in total. The highest BCUT2D eigenvalue weighted by atomic mass is 32.1. The topological polar surface area (TPSA) is 57.5 Å². The van der Waals surface area contributed by atoms with E-state index in [1.165, 1.54) is 0 Å². The average Bonchev–Trinajstić information content (AvgIpc) is 2.78. The van der Waals surface area contributed by atoms with Gasteiger partial charge in [-0.3, -0.25) is 4.79 Å². The lowest BCUT2D eigenvalue weighted by Gasteiger charge is -2.00. The highest BCUT2D eigenvalue weighted by molar-refractivity contribution is 7.10. The summed E-state index contributed by atoms with van der Waals surface area (Å²) in [5.41, 5.74) is 1.81. The van der Waals surface area contributed by atoms with Crippen LogP contribution in [0.2, 0.25) is 0 Å². The summed E-state index contributed by atoms with van der Waals surface area (Å²) in [6.45, 7) is 0. The molecule has 1 aromatic carbocycles. The number of carbonyl (C=O) groups is 1. The number of rotatable bonds is 5. The van der Waals surface area contributed by atoms with Gasteiger partial charge >= 0.3 is 5.97 Å². The maximum atomic E-state index is 10.4. The van der Waals surface area contributed by atoms with Gasteiger partial charge in [0.05, 0.1) is 0 Å². The summed E-state index contributed by atoms with van der Waals surface area (Å²) in [6, 6.07) is 9.23. The molecule has 1 aromatic heterocycles.